The molecule has 1 fully saturated rings. The zero-order valence-electron chi connectivity index (χ0n) is 19.2. The first-order valence-corrected chi connectivity index (χ1v) is 12.5. The lowest BCUT2D eigenvalue weighted by molar-refractivity contribution is -0.116. The van der Waals surface area contributed by atoms with Crippen LogP contribution in [0.2, 0.25) is 0 Å². The van der Waals surface area contributed by atoms with Gasteiger partial charge in [-0.15, -0.1) is 0 Å². The van der Waals surface area contributed by atoms with Gasteiger partial charge in [0, 0.05) is 55.2 Å². The summed E-state index contributed by atoms with van der Waals surface area (Å²) in [6, 6.07) is 13.7. The predicted molar refractivity (Wildman–Crippen MR) is 132 cm³/mol. The summed E-state index contributed by atoms with van der Waals surface area (Å²) in [5.74, 6) is 4.06. The fraction of sp³-hybridized carbons (Fsp3) is 0.400. The molecule has 1 saturated heterocycles. The lowest BCUT2D eigenvalue weighted by atomic mass is 10.1. The van der Waals surface area contributed by atoms with Crippen LogP contribution in [0.25, 0.3) is 11.4 Å². The van der Waals surface area contributed by atoms with Crippen LogP contribution in [0.1, 0.15) is 30.4 Å². The van der Waals surface area contributed by atoms with E-state index in [0.29, 0.717) is 24.7 Å². The first-order chi connectivity index (χ1) is 16.1. The summed E-state index contributed by atoms with van der Waals surface area (Å²) in [7, 11) is 0. The van der Waals surface area contributed by atoms with E-state index in [1.807, 2.05) is 55.1 Å². The van der Waals surface area contributed by atoms with E-state index in [9.17, 15) is 4.79 Å². The maximum atomic E-state index is 12.6. The topological polar surface area (TPSA) is 80.5 Å². The number of aryl methyl sites for hydroxylation is 1. The Balaban J connectivity index is 1.31. The monoisotopic (exact) mass is 466 g/mol. The number of nitrogens with zero attached hydrogens (tertiary/aromatic N) is 3. The van der Waals surface area contributed by atoms with Crippen molar-refractivity contribution in [1.29, 1.82) is 0 Å². The van der Waals surface area contributed by atoms with E-state index in [0.717, 1.165) is 42.2 Å². The number of carbonyl (C=O) groups is 1. The van der Waals surface area contributed by atoms with E-state index in [2.05, 4.69) is 33.3 Å². The zero-order chi connectivity index (χ0) is 23.0. The highest BCUT2D eigenvalue weighted by Crippen LogP contribution is 2.23. The maximum Gasteiger partial charge on any atom is 0.227 e. The SMILES string of the molecule is CCOc1ccc(-c2noc(CCC(=O)Nc3cccc(CN4CCSCC4)c3C)n2)cc1. The number of aromatic nitrogens is 2. The first-order valence-electron chi connectivity index (χ1n) is 11.4. The van der Waals surface area contributed by atoms with Crippen molar-refractivity contribution in [3.05, 3.63) is 59.5 Å². The van der Waals surface area contributed by atoms with E-state index in [1.54, 1.807) is 0 Å². The molecule has 1 amide bonds. The quantitative estimate of drug-likeness (QED) is 0.495. The largest absolute Gasteiger partial charge is 0.494 e. The number of benzene rings is 2. The van der Waals surface area contributed by atoms with E-state index in [-0.39, 0.29) is 12.3 Å². The average molecular weight is 467 g/mol. The Morgan fingerprint density at radius 1 is 1.18 bits per heavy atom. The molecule has 1 N–H and O–H groups in total. The number of hydrogen-bond donors (Lipinski definition) is 1. The number of anilines is 1. The minimum Gasteiger partial charge on any atom is -0.494 e. The van der Waals surface area contributed by atoms with Gasteiger partial charge in [-0.25, -0.2) is 0 Å². The second-order valence-corrected chi connectivity index (χ2v) is 9.22. The highest BCUT2D eigenvalue weighted by Gasteiger charge is 2.15. The van der Waals surface area contributed by atoms with Crippen LogP contribution in [-0.4, -0.2) is 52.1 Å². The summed E-state index contributed by atoms with van der Waals surface area (Å²) >= 11 is 2.01. The Morgan fingerprint density at radius 2 is 1.97 bits per heavy atom. The van der Waals surface area contributed by atoms with Gasteiger partial charge in [0.2, 0.25) is 17.6 Å². The summed E-state index contributed by atoms with van der Waals surface area (Å²) in [4.78, 5) is 19.5. The third-order valence-electron chi connectivity index (χ3n) is 5.68. The van der Waals surface area contributed by atoms with Gasteiger partial charge in [-0.1, -0.05) is 17.3 Å². The number of hydrogen-bond acceptors (Lipinski definition) is 7. The predicted octanol–water partition coefficient (Wildman–Crippen LogP) is 4.56. The molecule has 2 aromatic carbocycles. The van der Waals surface area contributed by atoms with Crippen molar-refractivity contribution >= 4 is 23.4 Å². The number of rotatable bonds is 9. The average Bonchev–Trinajstić information content (AvgIpc) is 3.31. The molecule has 33 heavy (non-hydrogen) atoms. The van der Waals surface area contributed by atoms with Gasteiger partial charge in [0.05, 0.1) is 6.61 Å². The summed E-state index contributed by atoms with van der Waals surface area (Å²) in [5, 5.41) is 7.09. The Bertz CT molecular complexity index is 1060. The second-order valence-electron chi connectivity index (χ2n) is 8.00. The normalized spacial score (nSPS) is 14.2. The van der Waals surface area contributed by atoms with Gasteiger partial charge in [0.15, 0.2) is 0 Å². The Hall–Kier alpha value is -2.84. The smallest absolute Gasteiger partial charge is 0.227 e. The lowest BCUT2D eigenvalue weighted by Crippen LogP contribution is -2.32. The van der Waals surface area contributed by atoms with Crippen molar-refractivity contribution in [3.8, 4) is 17.1 Å². The van der Waals surface area contributed by atoms with Crippen molar-refractivity contribution < 1.29 is 14.1 Å². The van der Waals surface area contributed by atoms with Crippen LogP contribution in [-0.2, 0) is 17.8 Å². The molecule has 174 valence electrons. The van der Waals surface area contributed by atoms with E-state index in [1.165, 1.54) is 17.1 Å². The Kier molecular flexibility index (Phi) is 8.01. The number of carbonyl (C=O) groups excluding carboxylic acids is 1. The summed E-state index contributed by atoms with van der Waals surface area (Å²) in [6.45, 7) is 7.79. The van der Waals surface area contributed by atoms with Gasteiger partial charge < -0.3 is 14.6 Å². The van der Waals surface area contributed by atoms with Crippen LogP contribution in [0.15, 0.2) is 47.0 Å². The van der Waals surface area contributed by atoms with E-state index < -0.39 is 0 Å². The third kappa shape index (κ3) is 6.36. The Labute approximate surface area is 198 Å². The van der Waals surface area contributed by atoms with E-state index in [4.69, 9.17) is 9.26 Å². The number of ether oxygens (including phenoxy) is 1. The van der Waals surface area contributed by atoms with Crippen LogP contribution in [0.3, 0.4) is 0 Å². The van der Waals surface area contributed by atoms with Gasteiger partial charge in [-0.05, 0) is 55.3 Å². The summed E-state index contributed by atoms with van der Waals surface area (Å²) in [5.41, 5.74) is 4.10. The molecule has 0 unspecified atom stereocenters. The molecule has 0 atom stereocenters. The number of thioether (sulfide) groups is 1. The van der Waals surface area contributed by atoms with E-state index >= 15 is 0 Å². The Morgan fingerprint density at radius 3 is 2.73 bits per heavy atom. The molecular formula is C25H30N4O3S. The molecule has 0 saturated carbocycles. The molecule has 2 heterocycles. The van der Waals surface area contributed by atoms with Gasteiger partial charge in [-0.2, -0.15) is 16.7 Å². The van der Waals surface area contributed by atoms with Crippen LogP contribution < -0.4 is 10.1 Å². The van der Waals surface area contributed by atoms with Crippen LogP contribution in [0.5, 0.6) is 5.75 Å². The lowest BCUT2D eigenvalue weighted by Gasteiger charge is -2.27. The highest BCUT2D eigenvalue weighted by molar-refractivity contribution is 7.99. The molecule has 0 bridgehead atoms. The van der Waals surface area contributed by atoms with Gasteiger partial charge in [0.25, 0.3) is 0 Å². The molecular weight excluding hydrogens is 436 g/mol. The molecule has 0 spiro atoms. The number of amides is 1. The van der Waals surface area contributed by atoms with Crippen molar-refractivity contribution in [1.82, 2.24) is 15.0 Å². The minimum atomic E-state index is -0.0644. The molecule has 1 aromatic heterocycles. The highest BCUT2D eigenvalue weighted by atomic mass is 32.2. The summed E-state index contributed by atoms with van der Waals surface area (Å²) in [6.07, 6.45) is 0.665. The van der Waals surface area contributed by atoms with Crippen molar-refractivity contribution in [2.75, 3.05) is 36.5 Å². The van der Waals surface area contributed by atoms with Crippen molar-refractivity contribution in [2.45, 2.75) is 33.2 Å². The van der Waals surface area contributed by atoms with Crippen molar-refractivity contribution in [3.63, 3.8) is 0 Å². The van der Waals surface area contributed by atoms with Gasteiger partial charge >= 0.3 is 0 Å². The molecule has 0 aliphatic carbocycles. The zero-order valence-corrected chi connectivity index (χ0v) is 20.0. The van der Waals surface area contributed by atoms with Crippen LogP contribution in [0, 0.1) is 6.92 Å². The van der Waals surface area contributed by atoms with Crippen LogP contribution >= 0.6 is 11.8 Å². The fourth-order valence-electron chi connectivity index (χ4n) is 3.76. The molecule has 1 aliphatic rings. The van der Waals surface area contributed by atoms with Gasteiger partial charge in [0.1, 0.15) is 5.75 Å². The van der Waals surface area contributed by atoms with Crippen molar-refractivity contribution in [2.24, 2.45) is 0 Å². The molecule has 7 nitrogen and oxygen atoms in total. The standard InChI is InChI=1S/C25H30N4O3S/c1-3-31-21-9-7-19(8-10-21)25-27-24(32-28-25)12-11-23(30)26-22-6-4-5-20(18(22)2)17-29-13-15-33-16-14-29/h4-10H,3,11-17H2,1-2H3,(H,26,30). The molecule has 3 aromatic rings. The fourth-order valence-corrected chi connectivity index (χ4v) is 4.74. The third-order valence-corrected chi connectivity index (χ3v) is 6.62. The maximum absolute atomic E-state index is 12.6. The summed E-state index contributed by atoms with van der Waals surface area (Å²) < 4.78 is 10.8. The molecule has 0 radical (unpaired) electrons. The number of nitrogens with one attached hydrogen (secondary N) is 1. The molecule has 8 heteroatoms. The first kappa shape index (κ1) is 23.3. The van der Waals surface area contributed by atoms with Gasteiger partial charge in [-0.3, -0.25) is 9.69 Å². The molecule has 4 rings (SSSR count). The van der Waals surface area contributed by atoms with Crippen LogP contribution in [0.4, 0.5) is 5.69 Å². The second kappa shape index (κ2) is 11.3. The minimum absolute atomic E-state index is 0.0644. The molecule has 1 aliphatic heterocycles.